The predicted octanol–water partition coefficient (Wildman–Crippen LogP) is 4.09. The number of rotatable bonds is 8. The number of carbonyl (C=O) groups excluding carboxylic acids is 2. The van der Waals surface area contributed by atoms with Crippen LogP contribution in [0.15, 0.2) is 71.0 Å². The molecule has 0 bridgehead atoms. The second-order valence-corrected chi connectivity index (χ2v) is 5.83. The Hall–Kier alpha value is -3.28. The molecule has 0 aliphatic carbocycles. The van der Waals surface area contributed by atoms with Crippen LogP contribution in [0.5, 0.6) is 0 Å². The van der Waals surface area contributed by atoms with Gasteiger partial charge in [-0.1, -0.05) is 71.0 Å². The highest BCUT2D eigenvalue weighted by molar-refractivity contribution is 6.02. The molecule has 2 rings (SSSR count). The SMILES string of the molecule is CC(=O)O/N=C(\CCC/C(=N\OC(C)=O)c1ccccc1)c1ccccc1. The summed E-state index contributed by atoms with van der Waals surface area (Å²) in [6.07, 6.45) is 1.83. The first kappa shape index (κ1) is 20.0. The van der Waals surface area contributed by atoms with Gasteiger partial charge >= 0.3 is 11.9 Å². The Kier molecular flexibility index (Phi) is 7.91. The van der Waals surface area contributed by atoms with Gasteiger partial charge in [0.25, 0.3) is 0 Å². The molecule has 0 saturated carbocycles. The third kappa shape index (κ3) is 7.23. The lowest BCUT2D eigenvalue weighted by Crippen LogP contribution is -2.08. The van der Waals surface area contributed by atoms with Gasteiger partial charge in [0.2, 0.25) is 0 Å². The van der Waals surface area contributed by atoms with Gasteiger partial charge in [-0.05, 0) is 30.4 Å². The third-order valence-electron chi connectivity index (χ3n) is 3.61. The molecule has 6 nitrogen and oxygen atoms in total. The van der Waals surface area contributed by atoms with Gasteiger partial charge in [-0.2, -0.15) is 0 Å². The van der Waals surface area contributed by atoms with Crippen LogP contribution in [-0.4, -0.2) is 23.4 Å². The Labute approximate surface area is 158 Å². The van der Waals surface area contributed by atoms with E-state index in [9.17, 15) is 9.59 Å². The summed E-state index contributed by atoms with van der Waals surface area (Å²) in [6, 6.07) is 19.1. The molecule has 0 fully saturated rings. The summed E-state index contributed by atoms with van der Waals surface area (Å²) in [5.41, 5.74) is 3.12. The van der Waals surface area contributed by atoms with Crippen molar-refractivity contribution in [2.75, 3.05) is 0 Å². The Morgan fingerprint density at radius 2 is 1.07 bits per heavy atom. The van der Waals surface area contributed by atoms with E-state index in [0.29, 0.717) is 30.7 Å². The molecular weight excluding hydrogens is 344 g/mol. The molecule has 0 radical (unpaired) electrons. The van der Waals surface area contributed by atoms with Crippen LogP contribution in [0.25, 0.3) is 0 Å². The van der Waals surface area contributed by atoms with Crippen molar-refractivity contribution in [3.05, 3.63) is 71.8 Å². The van der Waals surface area contributed by atoms with Crippen molar-refractivity contribution in [3.8, 4) is 0 Å². The van der Waals surface area contributed by atoms with E-state index < -0.39 is 11.9 Å². The van der Waals surface area contributed by atoms with Gasteiger partial charge in [0.1, 0.15) is 0 Å². The maximum Gasteiger partial charge on any atom is 0.331 e. The molecule has 0 saturated heterocycles. The number of hydrogen-bond acceptors (Lipinski definition) is 6. The molecule has 0 aliphatic rings. The molecule has 2 aromatic rings. The summed E-state index contributed by atoms with van der Waals surface area (Å²) in [4.78, 5) is 31.9. The molecule has 0 atom stereocenters. The number of benzene rings is 2. The van der Waals surface area contributed by atoms with E-state index >= 15 is 0 Å². The zero-order chi connectivity index (χ0) is 19.5. The van der Waals surface area contributed by atoms with Crippen molar-refractivity contribution in [2.24, 2.45) is 10.3 Å². The fraction of sp³-hybridized carbons (Fsp3) is 0.238. The summed E-state index contributed by atoms with van der Waals surface area (Å²) in [7, 11) is 0. The van der Waals surface area contributed by atoms with E-state index in [0.717, 1.165) is 11.1 Å². The van der Waals surface area contributed by atoms with Gasteiger partial charge in [0.05, 0.1) is 11.4 Å². The Morgan fingerprint density at radius 3 is 1.41 bits per heavy atom. The lowest BCUT2D eigenvalue weighted by atomic mass is 10.0. The smallest absolute Gasteiger partial charge is 0.318 e. The summed E-state index contributed by atoms with van der Waals surface area (Å²) in [5.74, 6) is -0.936. The van der Waals surface area contributed by atoms with Crippen molar-refractivity contribution in [1.82, 2.24) is 0 Å². The first-order valence-electron chi connectivity index (χ1n) is 8.66. The van der Waals surface area contributed by atoms with Crippen LogP contribution in [0.4, 0.5) is 0 Å². The third-order valence-corrected chi connectivity index (χ3v) is 3.61. The van der Waals surface area contributed by atoms with Gasteiger partial charge in [0, 0.05) is 13.8 Å². The van der Waals surface area contributed by atoms with Crippen LogP contribution in [-0.2, 0) is 19.3 Å². The normalized spacial score (nSPS) is 11.8. The minimum absolute atomic E-state index is 0.468. The van der Waals surface area contributed by atoms with Crippen LogP contribution < -0.4 is 0 Å². The highest BCUT2D eigenvalue weighted by atomic mass is 16.7. The highest BCUT2D eigenvalue weighted by Crippen LogP contribution is 2.13. The van der Waals surface area contributed by atoms with E-state index in [2.05, 4.69) is 10.3 Å². The van der Waals surface area contributed by atoms with Crippen molar-refractivity contribution in [2.45, 2.75) is 33.1 Å². The molecular formula is C21H22N2O4. The molecule has 6 heteroatoms. The number of oxime groups is 2. The zero-order valence-electron chi connectivity index (χ0n) is 15.4. The molecule has 0 unspecified atom stereocenters. The van der Waals surface area contributed by atoms with Gasteiger partial charge in [-0.15, -0.1) is 0 Å². The van der Waals surface area contributed by atoms with Crippen LogP contribution in [0.2, 0.25) is 0 Å². The largest absolute Gasteiger partial charge is 0.331 e. The van der Waals surface area contributed by atoms with E-state index in [1.165, 1.54) is 13.8 Å². The van der Waals surface area contributed by atoms with E-state index in [4.69, 9.17) is 9.68 Å². The molecule has 0 amide bonds. The topological polar surface area (TPSA) is 77.3 Å². The van der Waals surface area contributed by atoms with E-state index in [1.54, 1.807) is 0 Å². The van der Waals surface area contributed by atoms with Gasteiger partial charge in [-0.3, -0.25) is 0 Å². The summed E-state index contributed by atoms with van der Waals surface area (Å²) in [6.45, 7) is 2.62. The minimum atomic E-state index is -0.468. The molecule has 27 heavy (non-hydrogen) atoms. The fourth-order valence-corrected chi connectivity index (χ4v) is 2.41. The predicted molar refractivity (Wildman–Crippen MR) is 103 cm³/mol. The molecule has 2 aromatic carbocycles. The van der Waals surface area contributed by atoms with E-state index in [1.807, 2.05) is 60.7 Å². The maximum atomic E-state index is 11.1. The van der Waals surface area contributed by atoms with Gasteiger partial charge in [-0.25, -0.2) is 9.59 Å². The lowest BCUT2D eigenvalue weighted by Gasteiger charge is -2.08. The lowest BCUT2D eigenvalue weighted by molar-refractivity contribution is -0.141. The minimum Gasteiger partial charge on any atom is -0.318 e. The van der Waals surface area contributed by atoms with Crippen molar-refractivity contribution < 1.29 is 19.3 Å². The van der Waals surface area contributed by atoms with Crippen LogP contribution in [0.1, 0.15) is 44.2 Å². The van der Waals surface area contributed by atoms with Gasteiger partial charge < -0.3 is 9.68 Å². The Morgan fingerprint density at radius 1 is 0.704 bits per heavy atom. The Balaban J connectivity index is 2.10. The maximum absolute atomic E-state index is 11.1. The summed E-state index contributed by atoms with van der Waals surface area (Å²) >= 11 is 0. The highest BCUT2D eigenvalue weighted by Gasteiger charge is 2.09. The fourth-order valence-electron chi connectivity index (χ4n) is 2.41. The van der Waals surface area contributed by atoms with Gasteiger partial charge in [0.15, 0.2) is 0 Å². The molecule has 0 spiro atoms. The number of nitrogens with zero attached hydrogens (tertiary/aromatic N) is 2. The average molecular weight is 366 g/mol. The monoisotopic (exact) mass is 366 g/mol. The second kappa shape index (κ2) is 10.7. The quantitative estimate of drug-likeness (QED) is 0.400. The molecule has 0 N–H and O–H groups in total. The summed E-state index contributed by atoms with van der Waals surface area (Å²) in [5, 5.41) is 7.96. The van der Waals surface area contributed by atoms with Crippen LogP contribution in [0.3, 0.4) is 0 Å². The summed E-state index contributed by atoms with van der Waals surface area (Å²) < 4.78 is 0. The van der Waals surface area contributed by atoms with E-state index in [-0.39, 0.29) is 0 Å². The molecule has 0 heterocycles. The second-order valence-electron chi connectivity index (χ2n) is 5.83. The number of hydrogen-bond donors (Lipinski definition) is 0. The average Bonchev–Trinajstić information content (AvgIpc) is 2.68. The van der Waals surface area contributed by atoms with Crippen molar-refractivity contribution in [3.63, 3.8) is 0 Å². The zero-order valence-corrected chi connectivity index (χ0v) is 15.4. The molecule has 140 valence electrons. The van der Waals surface area contributed by atoms with Crippen LogP contribution >= 0.6 is 0 Å². The Bertz CT molecular complexity index is 745. The molecule has 0 aromatic heterocycles. The standard InChI is InChI=1S/C21H22N2O4/c1-16(24)26-22-20(18-10-5-3-6-11-18)14-9-15-21(23-27-17(2)25)19-12-7-4-8-13-19/h3-8,10-13H,9,14-15H2,1-2H3/b22-20+,23-21+. The first-order chi connectivity index (χ1) is 13.1. The molecule has 0 aliphatic heterocycles. The van der Waals surface area contributed by atoms with Crippen molar-refractivity contribution in [1.29, 1.82) is 0 Å². The van der Waals surface area contributed by atoms with Crippen molar-refractivity contribution >= 4 is 23.4 Å². The first-order valence-corrected chi connectivity index (χ1v) is 8.66. The number of carbonyl (C=O) groups is 2. The van der Waals surface area contributed by atoms with Crippen LogP contribution in [0, 0.1) is 0 Å².